The molecule has 0 amide bonds. The van der Waals surface area contributed by atoms with Crippen molar-refractivity contribution < 1.29 is 17.9 Å². The predicted octanol–water partition coefficient (Wildman–Crippen LogP) is 6.43. The maximum Gasteiger partial charge on any atom is 0.421 e. The van der Waals surface area contributed by atoms with E-state index < -0.39 is 17.6 Å². The summed E-state index contributed by atoms with van der Waals surface area (Å²) in [5.41, 5.74) is 3.94. The van der Waals surface area contributed by atoms with Gasteiger partial charge in [0.15, 0.2) is 0 Å². The number of piperazine rings is 1. The Balaban J connectivity index is 1.27. The number of rotatable bonds is 10. The molecule has 2 aliphatic rings. The molecule has 0 aliphatic carbocycles. The van der Waals surface area contributed by atoms with Crippen LogP contribution >= 0.6 is 11.9 Å². The van der Waals surface area contributed by atoms with Crippen LogP contribution in [-0.2, 0) is 12.6 Å². The molecule has 2 fully saturated rings. The quantitative estimate of drug-likeness (QED) is 0.179. The zero-order chi connectivity index (χ0) is 34.7. The molecule has 4 heterocycles. The molecule has 0 saturated carbocycles. The lowest BCUT2D eigenvalue weighted by molar-refractivity contribution is -0.137. The van der Waals surface area contributed by atoms with Crippen LogP contribution in [0, 0.1) is 0 Å². The number of halogens is 3. The lowest BCUT2D eigenvalue weighted by atomic mass is 9.99. The SMILES string of the molecule is CCc1cc(Nc2ncc(C(F)(F)F)c(Nc3ccc4nccnc4c3N(C)SC)n2)c(OC)cc1N1CCC(N2CCN(C)CC2)CC1. The Kier molecular flexibility index (Phi) is 10.5. The van der Waals surface area contributed by atoms with Crippen LogP contribution in [0.15, 0.2) is 42.9 Å². The number of methoxy groups -OCH3 is 1. The summed E-state index contributed by atoms with van der Waals surface area (Å²) < 4.78 is 50.4. The van der Waals surface area contributed by atoms with E-state index in [4.69, 9.17) is 4.74 Å². The van der Waals surface area contributed by atoms with Gasteiger partial charge in [0.05, 0.1) is 29.7 Å². The maximum absolute atomic E-state index is 14.3. The Labute approximate surface area is 289 Å². The maximum atomic E-state index is 14.3. The Morgan fingerprint density at radius 2 is 1.71 bits per heavy atom. The van der Waals surface area contributed by atoms with Crippen LogP contribution in [0.3, 0.4) is 0 Å². The van der Waals surface area contributed by atoms with Crippen LogP contribution in [0.5, 0.6) is 5.75 Å². The lowest BCUT2D eigenvalue weighted by Crippen LogP contribution is -2.52. The molecule has 0 radical (unpaired) electrons. The molecule has 2 aromatic heterocycles. The summed E-state index contributed by atoms with van der Waals surface area (Å²) in [6.07, 6.45) is 4.06. The van der Waals surface area contributed by atoms with E-state index in [9.17, 15) is 13.2 Å². The number of benzene rings is 2. The fourth-order valence-electron chi connectivity index (χ4n) is 6.64. The minimum atomic E-state index is -4.70. The normalized spacial score (nSPS) is 16.6. The zero-order valence-corrected chi connectivity index (χ0v) is 29.3. The van der Waals surface area contributed by atoms with E-state index in [0.717, 1.165) is 76.0 Å². The van der Waals surface area contributed by atoms with Gasteiger partial charge in [-0.3, -0.25) is 14.9 Å². The van der Waals surface area contributed by atoms with Crippen LogP contribution in [0.2, 0.25) is 0 Å². The number of fused-ring (bicyclic) bond motifs is 1. The molecule has 0 unspecified atom stereocenters. The third-order valence-corrected chi connectivity index (χ3v) is 10.2. The van der Waals surface area contributed by atoms with Gasteiger partial charge in [0.1, 0.15) is 22.6 Å². The average Bonchev–Trinajstić information content (AvgIpc) is 3.11. The second kappa shape index (κ2) is 14.8. The van der Waals surface area contributed by atoms with Gasteiger partial charge in [0, 0.05) is 89.0 Å². The van der Waals surface area contributed by atoms with Gasteiger partial charge in [-0.1, -0.05) is 18.9 Å². The van der Waals surface area contributed by atoms with E-state index in [1.54, 1.807) is 31.6 Å². The first-order valence-corrected chi connectivity index (χ1v) is 17.7. The minimum absolute atomic E-state index is 0.00283. The Morgan fingerprint density at radius 3 is 2.39 bits per heavy atom. The van der Waals surface area contributed by atoms with Crippen molar-refractivity contribution in [3.63, 3.8) is 0 Å². The molecule has 0 atom stereocenters. The van der Waals surface area contributed by atoms with Gasteiger partial charge >= 0.3 is 6.18 Å². The summed E-state index contributed by atoms with van der Waals surface area (Å²) in [6.45, 7) is 8.45. The number of nitrogens with one attached hydrogen (secondary N) is 2. The third kappa shape index (κ3) is 7.58. The van der Waals surface area contributed by atoms with Crippen LogP contribution in [0.1, 0.15) is 30.9 Å². The van der Waals surface area contributed by atoms with Crippen molar-refractivity contribution in [2.45, 2.75) is 38.4 Å². The molecule has 49 heavy (non-hydrogen) atoms. The van der Waals surface area contributed by atoms with Gasteiger partial charge in [0.2, 0.25) is 5.95 Å². The summed E-state index contributed by atoms with van der Waals surface area (Å²) in [4.78, 5) is 24.7. The standard InChI is InChI=1S/C34H43F3N10OS/c1-6-22-19-27(29(48-4)20-28(22)47-13-9-23(10-14-47)46-17-15-44(2)16-18-46)42-33-40-21-24(34(35,36)37)32(43-33)41-26-8-7-25-30(39-12-11-38-25)31(26)45(3)49-5/h7-8,11-12,19-21,23H,6,9-10,13-18H2,1-5H3,(H2,40,41,42,43). The van der Waals surface area contributed by atoms with E-state index in [2.05, 4.69) is 59.2 Å². The molecule has 4 aromatic rings. The molecular formula is C34H43F3N10OS. The van der Waals surface area contributed by atoms with E-state index in [-0.39, 0.29) is 5.95 Å². The van der Waals surface area contributed by atoms with Crippen LogP contribution in [0.25, 0.3) is 11.0 Å². The fraction of sp³-hybridized carbons (Fsp3) is 0.471. The van der Waals surface area contributed by atoms with Crippen molar-refractivity contribution in [3.05, 3.63) is 54.0 Å². The monoisotopic (exact) mass is 696 g/mol. The lowest BCUT2D eigenvalue weighted by Gasteiger charge is -2.43. The van der Waals surface area contributed by atoms with Crippen molar-refractivity contribution in [1.82, 2.24) is 29.7 Å². The molecule has 2 aliphatic heterocycles. The summed E-state index contributed by atoms with van der Waals surface area (Å²) >= 11 is 1.39. The summed E-state index contributed by atoms with van der Waals surface area (Å²) in [7, 11) is 5.58. The highest BCUT2D eigenvalue weighted by Crippen LogP contribution is 2.41. The number of likely N-dealkylation sites (N-methyl/N-ethyl adjacent to an activating group) is 1. The van der Waals surface area contributed by atoms with Crippen LogP contribution in [0.4, 0.5) is 47.7 Å². The number of piperidine rings is 1. The third-order valence-electron chi connectivity index (χ3n) is 9.44. The minimum Gasteiger partial charge on any atom is -0.494 e. The number of hydrogen-bond donors (Lipinski definition) is 2. The fourth-order valence-corrected chi connectivity index (χ4v) is 7.01. The van der Waals surface area contributed by atoms with Crippen molar-refractivity contribution in [2.75, 3.05) is 86.6 Å². The van der Waals surface area contributed by atoms with E-state index in [0.29, 0.717) is 39.9 Å². The predicted molar refractivity (Wildman–Crippen MR) is 192 cm³/mol. The molecule has 2 saturated heterocycles. The van der Waals surface area contributed by atoms with Gasteiger partial charge in [-0.25, -0.2) is 4.98 Å². The first kappa shape index (κ1) is 34.8. The number of aryl methyl sites for hydroxylation is 1. The van der Waals surface area contributed by atoms with E-state index in [1.165, 1.54) is 11.9 Å². The van der Waals surface area contributed by atoms with Crippen molar-refractivity contribution in [1.29, 1.82) is 0 Å². The van der Waals surface area contributed by atoms with Gasteiger partial charge in [0.25, 0.3) is 0 Å². The first-order chi connectivity index (χ1) is 23.6. The molecule has 15 heteroatoms. The second-order valence-corrected chi connectivity index (χ2v) is 13.3. The number of hydrogen-bond acceptors (Lipinski definition) is 12. The van der Waals surface area contributed by atoms with Gasteiger partial charge in [-0.05, 0) is 50.1 Å². The molecule has 2 aromatic carbocycles. The average molecular weight is 697 g/mol. The summed E-state index contributed by atoms with van der Waals surface area (Å²) in [5, 5.41) is 6.08. The highest BCUT2D eigenvalue weighted by molar-refractivity contribution is 7.99. The topological polar surface area (TPSA) is 97.8 Å². The van der Waals surface area contributed by atoms with Crippen LogP contribution < -0.4 is 24.6 Å². The number of nitrogens with zero attached hydrogens (tertiary/aromatic N) is 8. The molecule has 6 rings (SSSR count). The van der Waals surface area contributed by atoms with Gasteiger partial charge in [-0.2, -0.15) is 18.2 Å². The molecular weight excluding hydrogens is 654 g/mol. The number of aromatic nitrogens is 4. The number of alkyl halides is 3. The zero-order valence-electron chi connectivity index (χ0n) is 28.5. The Hall–Kier alpha value is -4.08. The van der Waals surface area contributed by atoms with Gasteiger partial charge in [-0.15, -0.1) is 0 Å². The molecule has 2 N–H and O–H groups in total. The summed E-state index contributed by atoms with van der Waals surface area (Å²) in [6, 6.07) is 7.99. The van der Waals surface area contributed by atoms with Crippen molar-refractivity contribution in [3.8, 4) is 5.75 Å². The second-order valence-electron chi connectivity index (χ2n) is 12.4. The Morgan fingerprint density at radius 1 is 0.980 bits per heavy atom. The largest absolute Gasteiger partial charge is 0.494 e. The Bertz CT molecular complexity index is 1760. The number of ether oxygens (including phenoxy) is 1. The van der Waals surface area contributed by atoms with Crippen molar-refractivity contribution in [2.24, 2.45) is 0 Å². The highest BCUT2D eigenvalue weighted by atomic mass is 32.2. The van der Waals surface area contributed by atoms with Crippen molar-refractivity contribution >= 4 is 57.5 Å². The summed E-state index contributed by atoms with van der Waals surface area (Å²) in [5.74, 6) is 0.166. The smallest absolute Gasteiger partial charge is 0.421 e. The molecule has 262 valence electrons. The highest BCUT2D eigenvalue weighted by Gasteiger charge is 2.36. The molecule has 11 nitrogen and oxygen atoms in total. The van der Waals surface area contributed by atoms with Gasteiger partial charge < -0.3 is 29.5 Å². The first-order valence-electron chi connectivity index (χ1n) is 16.5. The molecule has 0 spiro atoms. The van der Waals surface area contributed by atoms with E-state index >= 15 is 0 Å². The molecule has 0 bridgehead atoms. The van der Waals surface area contributed by atoms with Crippen LogP contribution in [-0.4, -0.2) is 103 Å². The van der Waals surface area contributed by atoms with E-state index in [1.807, 2.05) is 29.7 Å². The number of anilines is 6.